The summed E-state index contributed by atoms with van der Waals surface area (Å²) in [6, 6.07) is 13.1. The number of anilines is 2. The summed E-state index contributed by atoms with van der Waals surface area (Å²) in [4.78, 5) is 40.4. The van der Waals surface area contributed by atoms with E-state index in [9.17, 15) is 14.4 Å². The molecule has 0 radical (unpaired) electrons. The molecule has 2 atom stereocenters. The van der Waals surface area contributed by atoms with Crippen molar-refractivity contribution in [3.8, 4) is 5.75 Å². The van der Waals surface area contributed by atoms with E-state index < -0.39 is 29.7 Å². The number of aryl methyl sites for hydroxylation is 1. The van der Waals surface area contributed by atoms with E-state index in [2.05, 4.69) is 5.10 Å². The predicted octanol–water partition coefficient (Wildman–Crippen LogP) is 2.30. The molecule has 2 aliphatic heterocycles. The molecule has 2 aliphatic rings. The van der Waals surface area contributed by atoms with Gasteiger partial charge in [0.15, 0.2) is 5.71 Å². The van der Waals surface area contributed by atoms with Crippen LogP contribution in [0.15, 0.2) is 53.6 Å². The molecule has 8 nitrogen and oxygen atoms in total. The second kappa shape index (κ2) is 7.62. The number of amides is 2. The number of nitrogens with zero attached hydrogens (tertiary/aromatic N) is 3. The number of para-hydroxylation sites is 2. The summed E-state index contributed by atoms with van der Waals surface area (Å²) in [5.41, 5.74) is 1.90. The van der Waals surface area contributed by atoms with Gasteiger partial charge in [0.25, 0.3) is 5.91 Å². The van der Waals surface area contributed by atoms with Crippen molar-refractivity contribution >= 4 is 34.9 Å². The van der Waals surface area contributed by atoms with Gasteiger partial charge in [0.1, 0.15) is 17.7 Å². The molecular weight excluding hydrogens is 386 g/mol. The predicted molar refractivity (Wildman–Crippen MR) is 110 cm³/mol. The van der Waals surface area contributed by atoms with Crippen molar-refractivity contribution in [1.29, 1.82) is 0 Å². The van der Waals surface area contributed by atoms with Crippen LogP contribution in [0.4, 0.5) is 11.4 Å². The number of methoxy groups -OCH3 is 1. The van der Waals surface area contributed by atoms with E-state index in [0.717, 1.165) is 10.5 Å². The Bertz CT molecular complexity index is 1050. The van der Waals surface area contributed by atoms with Crippen LogP contribution in [-0.4, -0.2) is 43.3 Å². The first-order chi connectivity index (χ1) is 14.5. The molecule has 1 fully saturated rings. The van der Waals surface area contributed by atoms with Gasteiger partial charge in [-0.25, -0.2) is 9.69 Å². The first-order valence-corrected chi connectivity index (χ1v) is 9.60. The first-order valence-electron chi connectivity index (χ1n) is 9.60. The standard InChI is InChI=1S/C22H21N3O5/c1-4-30-22(28)18-17-19(25(23-18)14-11-9-13(2)10-12-14)21(27)24(20(17)26)15-7-5-6-8-16(15)29-3/h5-12,17,19H,4H2,1-3H3/t17-,19+/m0/s1. The van der Waals surface area contributed by atoms with E-state index in [0.29, 0.717) is 17.1 Å². The lowest BCUT2D eigenvalue weighted by Gasteiger charge is -2.23. The molecular formula is C22H21N3O5. The topological polar surface area (TPSA) is 88.5 Å². The van der Waals surface area contributed by atoms with Crippen LogP contribution in [0.1, 0.15) is 12.5 Å². The number of hydrazone groups is 1. The second-order valence-corrected chi connectivity index (χ2v) is 6.99. The lowest BCUT2D eigenvalue weighted by atomic mass is 9.97. The van der Waals surface area contributed by atoms with Crippen molar-refractivity contribution in [1.82, 2.24) is 0 Å². The third kappa shape index (κ3) is 3.01. The van der Waals surface area contributed by atoms with E-state index in [4.69, 9.17) is 9.47 Å². The number of hydrogen-bond donors (Lipinski definition) is 0. The van der Waals surface area contributed by atoms with Crippen molar-refractivity contribution < 1.29 is 23.9 Å². The molecule has 2 aromatic carbocycles. The number of esters is 1. The van der Waals surface area contributed by atoms with Crippen molar-refractivity contribution in [2.24, 2.45) is 11.0 Å². The summed E-state index contributed by atoms with van der Waals surface area (Å²) in [5, 5.41) is 5.77. The third-order valence-corrected chi connectivity index (χ3v) is 5.16. The smallest absolute Gasteiger partial charge is 0.355 e. The van der Waals surface area contributed by atoms with Gasteiger partial charge >= 0.3 is 5.97 Å². The van der Waals surface area contributed by atoms with Gasteiger partial charge in [0.2, 0.25) is 5.91 Å². The van der Waals surface area contributed by atoms with Gasteiger partial charge in [-0.05, 0) is 38.1 Å². The molecule has 0 bridgehead atoms. The van der Waals surface area contributed by atoms with Crippen molar-refractivity contribution in [2.75, 3.05) is 23.6 Å². The second-order valence-electron chi connectivity index (χ2n) is 6.99. The molecule has 2 heterocycles. The molecule has 1 saturated heterocycles. The zero-order valence-corrected chi connectivity index (χ0v) is 16.9. The van der Waals surface area contributed by atoms with E-state index in [1.165, 1.54) is 12.1 Å². The number of rotatable bonds is 5. The summed E-state index contributed by atoms with van der Waals surface area (Å²) >= 11 is 0. The average Bonchev–Trinajstić information content (AvgIpc) is 3.26. The number of carbonyl (C=O) groups is 3. The highest BCUT2D eigenvalue weighted by Crippen LogP contribution is 2.40. The van der Waals surface area contributed by atoms with Gasteiger partial charge in [-0.3, -0.25) is 14.6 Å². The molecule has 4 rings (SSSR count). The Kier molecular flexibility index (Phi) is 4.99. The van der Waals surface area contributed by atoms with Crippen molar-refractivity contribution in [2.45, 2.75) is 19.9 Å². The number of imide groups is 1. The van der Waals surface area contributed by atoms with Crippen LogP contribution in [0.2, 0.25) is 0 Å². The van der Waals surface area contributed by atoms with Crippen LogP contribution < -0.4 is 14.6 Å². The molecule has 2 aromatic rings. The molecule has 0 N–H and O–H groups in total. The minimum absolute atomic E-state index is 0.0711. The maximum atomic E-state index is 13.4. The first kappa shape index (κ1) is 19.6. The van der Waals surface area contributed by atoms with Crippen LogP contribution in [0.3, 0.4) is 0 Å². The molecule has 0 spiro atoms. The lowest BCUT2D eigenvalue weighted by molar-refractivity contribution is -0.136. The largest absolute Gasteiger partial charge is 0.495 e. The highest BCUT2D eigenvalue weighted by atomic mass is 16.5. The number of carbonyl (C=O) groups excluding carboxylic acids is 3. The number of ether oxygens (including phenoxy) is 2. The van der Waals surface area contributed by atoms with Gasteiger partial charge in [0, 0.05) is 0 Å². The quantitative estimate of drug-likeness (QED) is 0.558. The van der Waals surface area contributed by atoms with Gasteiger partial charge in [0.05, 0.1) is 25.1 Å². The molecule has 8 heteroatoms. The van der Waals surface area contributed by atoms with Crippen LogP contribution in [0.5, 0.6) is 5.75 Å². The van der Waals surface area contributed by atoms with E-state index >= 15 is 0 Å². The number of benzene rings is 2. The lowest BCUT2D eigenvalue weighted by Crippen LogP contribution is -2.39. The highest BCUT2D eigenvalue weighted by molar-refractivity contribution is 6.47. The van der Waals surface area contributed by atoms with Crippen molar-refractivity contribution in [3.05, 3.63) is 54.1 Å². The van der Waals surface area contributed by atoms with E-state index in [1.54, 1.807) is 43.3 Å². The molecule has 0 aromatic heterocycles. The molecule has 154 valence electrons. The highest BCUT2D eigenvalue weighted by Gasteiger charge is 2.59. The molecule has 0 saturated carbocycles. The third-order valence-electron chi connectivity index (χ3n) is 5.16. The Morgan fingerprint density at radius 2 is 1.77 bits per heavy atom. The maximum Gasteiger partial charge on any atom is 0.355 e. The minimum Gasteiger partial charge on any atom is -0.495 e. The Morgan fingerprint density at radius 3 is 2.43 bits per heavy atom. The van der Waals surface area contributed by atoms with Crippen LogP contribution >= 0.6 is 0 Å². The Labute approximate surface area is 173 Å². The summed E-state index contributed by atoms with van der Waals surface area (Å²) in [7, 11) is 1.47. The fourth-order valence-electron chi connectivity index (χ4n) is 3.75. The summed E-state index contributed by atoms with van der Waals surface area (Å²) in [6.45, 7) is 3.75. The maximum absolute atomic E-state index is 13.4. The zero-order valence-electron chi connectivity index (χ0n) is 16.9. The van der Waals surface area contributed by atoms with Crippen LogP contribution in [-0.2, 0) is 19.1 Å². The van der Waals surface area contributed by atoms with Gasteiger partial charge < -0.3 is 9.47 Å². The molecule has 0 unspecified atom stereocenters. The molecule has 0 aliphatic carbocycles. The van der Waals surface area contributed by atoms with Crippen LogP contribution in [0, 0.1) is 12.8 Å². The average molecular weight is 407 g/mol. The fraction of sp³-hybridized carbons (Fsp3) is 0.273. The SMILES string of the molecule is CCOC(=O)C1=NN(c2ccc(C)cc2)[C@H]2C(=O)N(c3ccccc3OC)C(=O)[C@@H]12. The fourth-order valence-corrected chi connectivity index (χ4v) is 3.75. The Morgan fingerprint density at radius 1 is 1.07 bits per heavy atom. The minimum atomic E-state index is -1.05. The van der Waals surface area contributed by atoms with E-state index in [-0.39, 0.29) is 12.3 Å². The summed E-state index contributed by atoms with van der Waals surface area (Å²) < 4.78 is 10.4. The van der Waals surface area contributed by atoms with E-state index in [1.807, 2.05) is 19.1 Å². The number of fused-ring (bicyclic) bond motifs is 1. The normalized spacial score (nSPS) is 20.3. The molecule has 30 heavy (non-hydrogen) atoms. The van der Waals surface area contributed by atoms with Gasteiger partial charge in [-0.15, -0.1) is 0 Å². The van der Waals surface area contributed by atoms with Crippen molar-refractivity contribution in [3.63, 3.8) is 0 Å². The van der Waals surface area contributed by atoms with Gasteiger partial charge in [-0.1, -0.05) is 29.8 Å². The van der Waals surface area contributed by atoms with Gasteiger partial charge in [-0.2, -0.15) is 5.10 Å². The monoisotopic (exact) mass is 407 g/mol. The summed E-state index contributed by atoms with van der Waals surface area (Å²) in [6.07, 6.45) is 0. The van der Waals surface area contributed by atoms with Crippen LogP contribution in [0.25, 0.3) is 0 Å². The Hall–Kier alpha value is -3.68. The summed E-state index contributed by atoms with van der Waals surface area (Å²) in [5.74, 6) is -2.38. The zero-order chi connectivity index (χ0) is 21.4. The molecule has 2 amide bonds. The Balaban J connectivity index is 1.81. The number of hydrogen-bond acceptors (Lipinski definition) is 7.